The van der Waals surface area contributed by atoms with Gasteiger partial charge in [0.1, 0.15) is 0 Å². The highest BCUT2D eigenvalue weighted by molar-refractivity contribution is 5.91. The molecule has 0 aliphatic heterocycles. The summed E-state index contributed by atoms with van der Waals surface area (Å²) < 4.78 is 7.10. The Labute approximate surface area is 106 Å². The number of nitrogen functional groups attached to an aromatic ring is 1. The van der Waals surface area contributed by atoms with Gasteiger partial charge in [-0.25, -0.2) is 10.5 Å². The van der Waals surface area contributed by atoms with Gasteiger partial charge in [0.2, 0.25) is 0 Å². The van der Waals surface area contributed by atoms with Crippen LogP contribution in [0.25, 0.3) is 0 Å². The second kappa shape index (κ2) is 6.46. The van der Waals surface area contributed by atoms with Crippen molar-refractivity contribution in [2.75, 3.05) is 13.2 Å². The van der Waals surface area contributed by atoms with Crippen LogP contribution in [0, 0.1) is 5.92 Å². The number of ether oxygens (including phenoxy) is 1. The molecule has 2 rings (SSSR count). The Morgan fingerprint density at radius 2 is 2.39 bits per heavy atom. The Kier molecular flexibility index (Phi) is 4.66. The van der Waals surface area contributed by atoms with Crippen LogP contribution >= 0.6 is 0 Å². The number of amides is 1. The zero-order valence-electron chi connectivity index (χ0n) is 10.3. The predicted octanol–water partition coefficient (Wildman–Crippen LogP) is 0.0884. The highest BCUT2D eigenvalue weighted by Crippen LogP contribution is 2.28. The third kappa shape index (κ3) is 3.51. The topological polar surface area (TPSA) is 95.1 Å². The number of hydrogen-bond acceptors (Lipinski definition) is 5. The summed E-state index contributed by atoms with van der Waals surface area (Å²) in [6.07, 6.45) is 6.78. The number of carbonyl (C=O) groups is 1. The van der Waals surface area contributed by atoms with Crippen LogP contribution in [0.5, 0.6) is 0 Å². The summed E-state index contributed by atoms with van der Waals surface area (Å²) in [7, 11) is 0. The normalized spacial score (nSPS) is 15.4. The van der Waals surface area contributed by atoms with Crippen LogP contribution in [0.2, 0.25) is 0 Å². The molecule has 1 aromatic rings. The number of carbonyl (C=O) groups excluding carboxylic acids is 1. The summed E-state index contributed by atoms with van der Waals surface area (Å²) in [5, 5.41) is 7.52. The van der Waals surface area contributed by atoms with Crippen molar-refractivity contribution in [2.45, 2.75) is 32.2 Å². The summed E-state index contributed by atoms with van der Waals surface area (Å²) in [5.74, 6) is 5.43. The summed E-state index contributed by atoms with van der Waals surface area (Å²) in [4.78, 5) is 11.1. The van der Waals surface area contributed by atoms with Crippen LogP contribution in [-0.4, -0.2) is 34.1 Å². The molecular weight excluding hydrogens is 234 g/mol. The Hall–Kier alpha value is -1.47. The second-order valence-corrected chi connectivity index (χ2v) is 4.54. The first-order chi connectivity index (χ1) is 8.79. The lowest BCUT2D eigenvalue weighted by atomic mass is 9.83. The van der Waals surface area contributed by atoms with Gasteiger partial charge in [0.15, 0.2) is 5.69 Å². The quantitative estimate of drug-likeness (QED) is 0.311. The van der Waals surface area contributed by atoms with E-state index in [1.165, 1.54) is 19.3 Å². The summed E-state index contributed by atoms with van der Waals surface area (Å²) in [5.41, 5.74) is 2.23. The Bertz CT molecular complexity index is 389. The number of hydrazine groups is 1. The van der Waals surface area contributed by atoms with Gasteiger partial charge in [-0.1, -0.05) is 24.5 Å². The van der Waals surface area contributed by atoms with Gasteiger partial charge in [0.25, 0.3) is 5.91 Å². The number of nitrogens with one attached hydrogen (secondary N) is 1. The van der Waals surface area contributed by atoms with Gasteiger partial charge in [-0.05, 0) is 12.3 Å². The van der Waals surface area contributed by atoms with Crippen LogP contribution in [0.15, 0.2) is 6.20 Å². The van der Waals surface area contributed by atoms with Crippen molar-refractivity contribution in [3.8, 4) is 0 Å². The minimum atomic E-state index is -0.438. The highest BCUT2D eigenvalue weighted by atomic mass is 16.5. The first-order valence-corrected chi connectivity index (χ1v) is 6.28. The molecule has 1 aliphatic rings. The predicted molar refractivity (Wildman–Crippen MR) is 64.5 cm³/mol. The van der Waals surface area contributed by atoms with Gasteiger partial charge < -0.3 is 4.74 Å². The summed E-state index contributed by atoms with van der Waals surface area (Å²) in [6, 6.07) is 0. The molecule has 0 radical (unpaired) electrons. The van der Waals surface area contributed by atoms with E-state index < -0.39 is 5.91 Å². The molecule has 0 bridgehead atoms. The SMILES string of the molecule is NNC(=O)c1cn(CCOCCC2CCC2)nn1. The molecule has 0 atom stereocenters. The maximum absolute atomic E-state index is 11.1. The average molecular weight is 253 g/mol. The number of nitrogens with zero attached hydrogens (tertiary/aromatic N) is 3. The molecule has 1 amide bonds. The first-order valence-electron chi connectivity index (χ1n) is 6.28. The van der Waals surface area contributed by atoms with Crippen molar-refractivity contribution in [1.82, 2.24) is 20.4 Å². The van der Waals surface area contributed by atoms with Crippen LogP contribution < -0.4 is 11.3 Å². The van der Waals surface area contributed by atoms with Gasteiger partial charge in [-0.15, -0.1) is 5.10 Å². The standard InChI is InChI=1S/C11H19N5O2/c12-13-11(17)10-8-16(15-14-10)5-7-18-6-4-9-2-1-3-9/h8-9H,1-7,12H2,(H,13,17). The van der Waals surface area contributed by atoms with E-state index in [9.17, 15) is 4.79 Å². The molecule has 1 saturated carbocycles. The summed E-state index contributed by atoms with van der Waals surface area (Å²) in [6.45, 7) is 1.98. The van der Waals surface area contributed by atoms with Crippen molar-refractivity contribution in [2.24, 2.45) is 11.8 Å². The third-order valence-electron chi connectivity index (χ3n) is 3.26. The zero-order chi connectivity index (χ0) is 12.8. The largest absolute Gasteiger partial charge is 0.380 e. The zero-order valence-corrected chi connectivity index (χ0v) is 10.3. The lowest BCUT2D eigenvalue weighted by Crippen LogP contribution is -2.30. The maximum Gasteiger partial charge on any atom is 0.287 e. The monoisotopic (exact) mass is 253 g/mol. The lowest BCUT2D eigenvalue weighted by Gasteiger charge is -2.24. The van der Waals surface area contributed by atoms with Crippen molar-refractivity contribution in [1.29, 1.82) is 0 Å². The molecule has 1 fully saturated rings. The molecule has 1 heterocycles. The van der Waals surface area contributed by atoms with E-state index in [2.05, 4.69) is 10.3 Å². The van der Waals surface area contributed by atoms with E-state index in [0.29, 0.717) is 13.2 Å². The molecule has 3 N–H and O–H groups in total. The van der Waals surface area contributed by atoms with Gasteiger partial charge in [0.05, 0.1) is 19.3 Å². The summed E-state index contributed by atoms with van der Waals surface area (Å²) >= 11 is 0. The molecule has 18 heavy (non-hydrogen) atoms. The van der Waals surface area contributed by atoms with E-state index in [0.717, 1.165) is 18.9 Å². The van der Waals surface area contributed by atoms with Gasteiger partial charge in [0, 0.05) is 6.61 Å². The molecule has 100 valence electrons. The van der Waals surface area contributed by atoms with Crippen molar-refractivity contribution >= 4 is 5.91 Å². The maximum atomic E-state index is 11.1. The Balaban J connectivity index is 1.60. The third-order valence-corrected chi connectivity index (χ3v) is 3.26. The van der Waals surface area contributed by atoms with Crippen LogP contribution in [0.4, 0.5) is 0 Å². The minimum Gasteiger partial charge on any atom is -0.380 e. The fourth-order valence-electron chi connectivity index (χ4n) is 1.88. The Morgan fingerprint density at radius 1 is 1.56 bits per heavy atom. The number of hydrogen-bond donors (Lipinski definition) is 2. The molecule has 0 spiro atoms. The number of nitrogens with two attached hydrogens (primary N) is 1. The average Bonchev–Trinajstić information content (AvgIpc) is 2.79. The van der Waals surface area contributed by atoms with Crippen LogP contribution in [0.3, 0.4) is 0 Å². The van der Waals surface area contributed by atoms with Gasteiger partial charge >= 0.3 is 0 Å². The number of rotatable bonds is 7. The molecule has 0 aromatic carbocycles. The molecule has 7 heteroatoms. The molecule has 0 unspecified atom stereocenters. The Morgan fingerprint density at radius 3 is 3.06 bits per heavy atom. The van der Waals surface area contributed by atoms with Gasteiger partial charge in [-0.3, -0.25) is 10.2 Å². The smallest absolute Gasteiger partial charge is 0.287 e. The minimum absolute atomic E-state index is 0.215. The molecule has 0 saturated heterocycles. The van der Waals surface area contributed by atoms with E-state index >= 15 is 0 Å². The van der Waals surface area contributed by atoms with E-state index in [1.54, 1.807) is 10.9 Å². The fraction of sp³-hybridized carbons (Fsp3) is 0.727. The molecule has 7 nitrogen and oxygen atoms in total. The van der Waals surface area contributed by atoms with E-state index in [1.807, 2.05) is 5.43 Å². The lowest BCUT2D eigenvalue weighted by molar-refractivity contribution is 0.0947. The van der Waals surface area contributed by atoms with Crippen molar-refractivity contribution in [3.63, 3.8) is 0 Å². The van der Waals surface area contributed by atoms with E-state index in [4.69, 9.17) is 10.6 Å². The first kappa shape index (κ1) is 13.0. The molecule has 1 aliphatic carbocycles. The fourth-order valence-corrected chi connectivity index (χ4v) is 1.88. The molecular formula is C11H19N5O2. The van der Waals surface area contributed by atoms with Crippen molar-refractivity contribution in [3.05, 3.63) is 11.9 Å². The highest BCUT2D eigenvalue weighted by Gasteiger charge is 2.16. The van der Waals surface area contributed by atoms with Crippen LogP contribution in [0.1, 0.15) is 36.2 Å². The second-order valence-electron chi connectivity index (χ2n) is 4.54. The van der Waals surface area contributed by atoms with Gasteiger partial charge in [-0.2, -0.15) is 0 Å². The number of aromatic nitrogens is 3. The van der Waals surface area contributed by atoms with E-state index in [-0.39, 0.29) is 5.69 Å². The van der Waals surface area contributed by atoms with Crippen molar-refractivity contribution < 1.29 is 9.53 Å². The van der Waals surface area contributed by atoms with Crippen LogP contribution in [-0.2, 0) is 11.3 Å². The molecule has 1 aromatic heterocycles.